The van der Waals surface area contributed by atoms with Crippen LogP contribution in [0.5, 0.6) is 5.75 Å². The Morgan fingerprint density at radius 3 is 2.79 bits per heavy atom. The predicted octanol–water partition coefficient (Wildman–Crippen LogP) is 1.66. The number of carbonyl (C=O) groups is 1. The van der Waals surface area contributed by atoms with E-state index in [1.54, 1.807) is 0 Å². The van der Waals surface area contributed by atoms with Crippen molar-refractivity contribution < 1.29 is 14.6 Å². The van der Waals surface area contributed by atoms with Crippen molar-refractivity contribution >= 4 is 11.8 Å². The third-order valence-corrected chi connectivity index (χ3v) is 1.52. The van der Waals surface area contributed by atoms with E-state index in [4.69, 9.17) is 15.1 Å². The van der Waals surface area contributed by atoms with E-state index >= 15 is 0 Å². The lowest BCUT2D eigenvalue weighted by Gasteiger charge is -2.04. The summed E-state index contributed by atoms with van der Waals surface area (Å²) in [6, 6.07) is 6.35. The molecule has 72 valence electrons. The highest BCUT2D eigenvalue weighted by molar-refractivity contribution is 5.83. The molecular formula is C9H8N2O3. The summed E-state index contributed by atoms with van der Waals surface area (Å²) in [5, 5.41) is 19.2. The second-order valence-electron chi connectivity index (χ2n) is 2.49. The number of nitrogens with zero attached hydrogens (tertiary/aromatic N) is 1. The summed E-state index contributed by atoms with van der Waals surface area (Å²) >= 11 is 0. The summed E-state index contributed by atoms with van der Waals surface area (Å²) in [6.07, 6.45) is -1.18. The number of hydrogen-bond donors (Lipinski definition) is 2. The average Bonchev–Trinajstić information content (AvgIpc) is 2.16. The summed E-state index contributed by atoms with van der Waals surface area (Å²) in [4.78, 5) is 10.3. The topological polar surface area (TPSA) is 82.3 Å². The number of anilines is 1. The van der Waals surface area contributed by atoms with E-state index in [1.807, 2.05) is 6.07 Å². The number of benzene rings is 1. The Morgan fingerprint density at radius 1 is 1.57 bits per heavy atom. The van der Waals surface area contributed by atoms with Gasteiger partial charge in [0.2, 0.25) is 0 Å². The molecule has 0 atom stereocenters. The van der Waals surface area contributed by atoms with Crippen LogP contribution in [0.15, 0.2) is 18.2 Å². The van der Waals surface area contributed by atoms with Gasteiger partial charge in [0.1, 0.15) is 5.75 Å². The Labute approximate surface area is 80.5 Å². The highest BCUT2D eigenvalue weighted by Crippen LogP contribution is 2.20. The molecule has 5 heteroatoms. The Balaban J connectivity index is 3.05. The molecule has 1 aromatic carbocycles. The van der Waals surface area contributed by atoms with Crippen molar-refractivity contribution in [1.82, 2.24) is 0 Å². The van der Waals surface area contributed by atoms with Crippen molar-refractivity contribution in [1.29, 1.82) is 5.26 Å². The summed E-state index contributed by atoms with van der Waals surface area (Å²) in [5.41, 5.74) is 0.654. The van der Waals surface area contributed by atoms with Gasteiger partial charge in [-0.15, -0.1) is 0 Å². The van der Waals surface area contributed by atoms with Crippen LogP contribution in [0.2, 0.25) is 0 Å². The minimum Gasteiger partial charge on any atom is -0.497 e. The fourth-order valence-corrected chi connectivity index (χ4v) is 0.977. The molecule has 1 rings (SSSR count). The first-order chi connectivity index (χ1) is 6.65. The van der Waals surface area contributed by atoms with Crippen LogP contribution in [0, 0.1) is 11.3 Å². The van der Waals surface area contributed by atoms with Crippen LogP contribution in [0.4, 0.5) is 10.5 Å². The van der Waals surface area contributed by atoms with E-state index in [0.29, 0.717) is 17.0 Å². The first-order valence-corrected chi connectivity index (χ1v) is 3.75. The molecule has 0 aromatic heterocycles. The number of amides is 1. The lowest BCUT2D eigenvalue weighted by molar-refractivity contribution is 0.210. The van der Waals surface area contributed by atoms with Gasteiger partial charge in [-0.2, -0.15) is 5.26 Å². The van der Waals surface area contributed by atoms with Crippen molar-refractivity contribution in [2.75, 3.05) is 12.4 Å². The van der Waals surface area contributed by atoms with Gasteiger partial charge >= 0.3 is 6.09 Å². The molecule has 2 N–H and O–H groups in total. The number of carboxylic acid groups (broad SMARTS) is 1. The Kier molecular flexibility index (Phi) is 2.92. The minimum absolute atomic E-state index is 0.313. The fraction of sp³-hybridized carbons (Fsp3) is 0.111. The number of methoxy groups -OCH3 is 1. The molecule has 0 saturated carbocycles. The zero-order valence-corrected chi connectivity index (χ0v) is 7.44. The van der Waals surface area contributed by atoms with Crippen molar-refractivity contribution in [3.63, 3.8) is 0 Å². The molecule has 0 saturated heterocycles. The van der Waals surface area contributed by atoms with Crippen LogP contribution in [0.3, 0.4) is 0 Å². The molecule has 0 aliphatic carbocycles. The van der Waals surface area contributed by atoms with Crippen molar-refractivity contribution in [2.45, 2.75) is 0 Å². The molecule has 0 spiro atoms. The van der Waals surface area contributed by atoms with Gasteiger partial charge in [0.05, 0.1) is 18.7 Å². The van der Waals surface area contributed by atoms with Crippen LogP contribution < -0.4 is 10.1 Å². The Bertz CT molecular complexity index is 396. The van der Waals surface area contributed by atoms with Crippen LogP contribution in [-0.2, 0) is 0 Å². The third kappa shape index (κ3) is 2.38. The van der Waals surface area contributed by atoms with Crippen LogP contribution >= 0.6 is 0 Å². The van der Waals surface area contributed by atoms with Crippen molar-refractivity contribution in [3.05, 3.63) is 23.8 Å². The van der Waals surface area contributed by atoms with Crippen LogP contribution in [0.1, 0.15) is 5.56 Å². The molecule has 0 bridgehead atoms. The normalized spacial score (nSPS) is 8.86. The number of nitriles is 1. The molecule has 0 radical (unpaired) electrons. The molecule has 0 heterocycles. The van der Waals surface area contributed by atoms with Gasteiger partial charge < -0.3 is 9.84 Å². The van der Waals surface area contributed by atoms with E-state index in [2.05, 4.69) is 5.32 Å². The number of ether oxygens (including phenoxy) is 1. The Morgan fingerprint density at radius 2 is 2.29 bits per heavy atom. The molecular weight excluding hydrogens is 184 g/mol. The zero-order valence-electron chi connectivity index (χ0n) is 7.44. The first-order valence-electron chi connectivity index (χ1n) is 3.75. The maximum absolute atomic E-state index is 10.3. The molecule has 0 aliphatic rings. The quantitative estimate of drug-likeness (QED) is 0.746. The van der Waals surface area contributed by atoms with Gasteiger partial charge in [0.25, 0.3) is 0 Å². The molecule has 1 aromatic rings. The lowest BCUT2D eigenvalue weighted by Crippen LogP contribution is -2.07. The van der Waals surface area contributed by atoms with E-state index in [9.17, 15) is 4.79 Å². The maximum atomic E-state index is 10.3. The number of rotatable bonds is 2. The summed E-state index contributed by atoms with van der Waals surface area (Å²) in [6.45, 7) is 0. The van der Waals surface area contributed by atoms with Gasteiger partial charge in [-0.05, 0) is 12.1 Å². The third-order valence-electron chi connectivity index (χ3n) is 1.52. The lowest BCUT2D eigenvalue weighted by atomic mass is 10.2. The average molecular weight is 192 g/mol. The minimum atomic E-state index is -1.18. The van der Waals surface area contributed by atoms with Crippen LogP contribution in [0.25, 0.3) is 0 Å². The van der Waals surface area contributed by atoms with Gasteiger partial charge in [0, 0.05) is 11.8 Å². The number of nitrogens with one attached hydrogen (secondary N) is 1. The molecule has 5 nitrogen and oxygen atoms in total. The predicted molar refractivity (Wildman–Crippen MR) is 49.4 cm³/mol. The summed E-state index contributed by atoms with van der Waals surface area (Å²) in [7, 11) is 1.45. The van der Waals surface area contributed by atoms with Gasteiger partial charge in [-0.25, -0.2) is 4.79 Å². The van der Waals surface area contributed by atoms with Gasteiger partial charge in [-0.3, -0.25) is 5.32 Å². The number of hydrogen-bond acceptors (Lipinski definition) is 3. The highest BCUT2D eigenvalue weighted by Gasteiger charge is 2.03. The zero-order chi connectivity index (χ0) is 10.6. The smallest absolute Gasteiger partial charge is 0.409 e. The second-order valence-corrected chi connectivity index (χ2v) is 2.49. The molecule has 0 aliphatic heterocycles. The standard InChI is InChI=1S/C9H8N2O3/c1-14-8-3-6(5-10)2-7(4-8)11-9(12)13/h2-4,11H,1H3,(H,12,13). The van der Waals surface area contributed by atoms with Crippen molar-refractivity contribution in [3.8, 4) is 11.8 Å². The van der Waals surface area contributed by atoms with Crippen LogP contribution in [-0.4, -0.2) is 18.3 Å². The highest BCUT2D eigenvalue weighted by atomic mass is 16.5. The summed E-state index contributed by atoms with van der Waals surface area (Å²) < 4.78 is 4.89. The van der Waals surface area contributed by atoms with Crippen molar-refractivity contribution in [2.24, 2.45) is 0 Å². The Hall–Kier alpha value is -2.22. The maximum Gasteiger partial charge on any atom is 0.409 e. The summed E-state index contributed by atoms with van der Waals surface area (Å²) in [5.74, 6) is 0.438. The van der Waals surface area contributed by atoms with E-state index < -0.39 is 6.09 Å². The molecule has 1 amide bonds. The van der Waals surface area contributed by atoms with Gasteiger partial charge in [-0.1, -0.05) is 0 Å². The fourth-order valence-electron chi connectivity index (χ4n) is 0.977. The molecule has 0 fully saturated rings. The largest absolute Gasteiger partial charge is 0.497 e. The molecule has 14 heavy (non-hydrogen) atoms. The van der Waals surface area contributed by atoms with E-state index in [1.165, 1.54) is 25.3 Å². The second kappa shape index (κ2) is 4.14. The van der Waals surface area contributed by atoms with E-state index in [-0.39, 0.29) is 0 Å². The monoisotopic (exact) mass is 192 g/mol. The SMILES string of the molecule is COc1cc(C#N)cc(NC(=O)O)c1. The first kappa shape index (κ1) is 9.86. The van der Waals surface area contributed by atoms with Gasteiger partial charge in [0.15, 0.2) is 0 Å². The van der Waals surface area contributed by atoms with E-state index in [0.717, 1.165) is 0 Å². The molecule has 0 unspecified atom stereocenters.